The highest BCUT2D eigenvalue weighted by Crippen LogP contribution is 2.27. The van der Waals surface area contributed by atoms with Gasteiger partial charge in [-0.15, -0.1) is 0 Å². The molecule has 0 aromatic carbocycles. The summed E-state index contributed by atoms with van der Waals surface area (Å²) in [4.78, 5) is 0. The van der Waals surface area contributed by atoms with Crippen molar-refractivity contribution in [1.82, 2.24) is 15.2 Å². The Morgan fingerprint density at radius 3 is 2.70 bits per heavy atom. The van der Waals surface area contributed by atoms with Crippen LogP contribution in [0.3, 0.4) is 0 Å². The van der Waals surface area contributed by atoms with Crippen LogP contribution < -0.4 is 11.3 Å². The van der Waals surface area contributed by atoms with Gasteiger partial charge in [0.05, 0.1) is 22.5 Å². The van der Waals surface area contributed by atoms with Gasteiger partial charge in [-0.25, -0.2) is 5.43 Å². The Morgan fingerprint density at radius 1 is 1.45 bits per heavy atom. The highest BCUT2D eigenvalue weighted by Gasteiger charge is 2.21. The molecule has 0 amide bonds. The molecule has 110 valence electrons. The molecule has 6 heteroatoms. The van der Waals surface area contributed by atoms with E-state index in [1.807, 2.05) is 37.6 Å². The van der Waals surface area contributed by atoms with Gasteiger partial charge in [0.15, 0.2) is 0 Å². The molecule has 0 fully saturated rings. The summed E-state index contributed by atoms with van der Waals surface area (Å²) in [5.74, 6) is 7.33. The van der Waals surface area contributed by atoms with E-state index >= 15 is 0 Å². The van der Waals surface area contributed by atoms with Crippen LogP contribution in [-0.4, -0.2) is 9.78 Å². The van der Waals surface area contributed by atoms with E-state index in [9.17, 15) is 0 Å². The maximum absolute atomic E-state index is 6.42. The van der Waals surface area contributed by atoms with E-state index in [1.165, 1.54) is 0 Å². The van der Waals surface area contributed by atoms with E-state index in [-0.39, 0.29) is 6.04 Å². The molecule has 0 saturated heterocycles. The summed E-state index contributed by atoms with van der Waals surface area (Å²) in [5, 5.41) is 5.25. The van der Waals surface area contributed by atoms with E-state index in [0.717, 1.165) is 40.9 Å². The summed E-state index contributed by atoms with van der Waals surface area (Å²) in [7, 11) is 0. The monoisotopic (exact) mass is 296 g/mol. The quantitative estimate of drug-likeness (QED) is 0.635. The first-order valence-electron chi connectivity index (χ1n) is 6.87. The molecule has 2 heterocycles. The fourth-order valence-corrected chi connectivity index (χ4v) is 2.63. The topological polar surface area (TPSA) is 69.0 Å². The maximum Gasteiger partial charge on any atom is 0.122 e. The number of aromatic nitrogens is 2. The van der Waals surface area contributed by atoms with Crippen LogP contribution in [0.25, 0.3) is 0 Å². The number of rotatable bonds is 6. The Bertz CT molecular complexity index is 576. The minimum atomic E-state index is -0.118. The van der Waals surface area contributed by atoms with Gasteiger partial charge in [-0.3, -0.25) is 10.5 Å². The lowest BCUT2D eigenvalue weighted by molar-refractivity contribution is 0.396. The van der Waals surface area contributed by atoms with Crippen molar-refractivity contribution in [3.63, 3.8) is 0 Å². The minimum Gasteiger partial charge on any atom is -0.465 e. The molecule has 0 aliphatic heterocycles. The third-order valence-corrected chi connectivity index (χ3v) is 3.83. The Hall–Kier alpha value is -1.30. The van der Waals surface area contributed by atoms with Crippen molar-refractivity contribution in [2.45, 2.75) is 46.2 Å². The molecule has 0 saturated carbocycles. The molecule has 0 spiro atoms. The third kappa shape index (κ3) is 2.90. The van der Waals surface area contributed by atoms with Crippen LogP contribution in [0.15, 0.2) is 16.5 Å². The molecule has 0 radical (unpaired) electrons. The average molecular weight is 297 g/mol. The van der Waals surface area contributed by atoms with Crippen LogP contribution in [0.4, 0.5) is 0 Å². The molecule has 20 heavy (non-hydrogen) atoms. The zero-order valence-electron chi connectivity index (χ0n) is 12.1. The first-order valence-corrected chi connectivity index (χ1v) is 7.24. The van der Waals surface area contributed by atoms with Crippen molar-refractivity contribution >= 4 is 11.6 Å². The normalized spacial score (nSPS) is 12.8. The van der Waals surface area contributed by atoms with Crippen LogP contribution in [0.1, 0.15) is 42.8 Å². The second kappa shape index (κ2) is 6.43. The molecule has 2 rings (SSSR count). The van der Waals surface area contributed by atoms with Crippen LogP contribution in [0, 0.1) is 6.92 Å². The molecule has 0 bridgehead atoms. The van der Waals surface area contributed by atoms with Crippen molar-refractivity contribution in [2.75, 3.05) is 0 Å². The van der Waals surface area contributed by atoms with Gasteiger partial charge in [0.2, 0.25) is 0 Å². The number of hydrazine groups is 1. The molecule has 2 aromatic heterocycles. The molecule has 2 aromatic rings. The third-order valence-electron chi connectivity index (χ3n) is 3.40. The lowest BCUT2D eigenvalue weighted by atomic mass is 10.1. The van der Waals surface area contributed by atoms with Crippen molar-refractivity contribution < 1.29 is 4.42 Å². The maximum atomic E-state index is 6.42. The first kappa shape index (κ1) is 15.1. The molecular weight excluding hydrogens is 276 g/mol. The number of furan rings is 1. The highest BCUT2D eigenvalue weighted by molar-refractivity contribution is 6.31. The number of nitrogens with two attached hydrogens (primary N) is 1. The Morgan fingerprint density at radius 2 is 2.20 bits per heavy atom. The van der Waals surface area contributed by atoms with Crippen molar-refractivity contribution in [2.24, 2.45) is 5.84 Å². The fraction of sp³-hybridized carbons (Fsp3) is 0.500. The van der Waals surface area contributed by atoms with Gasteiger partial charge in [-0.2, -0.15) is 5.10 Å². The van der Waals surface area contributed by atoms with Crippen LogP contribution in [0.5, 0.6) is 0 Å². The molecule has 1 unspecified atom stereocenters. The number of halogens is 1. The SMILES string of the molecule is CCc1nn(CC)c(CC(NN)c2ccc(C)o2)c1Cl. The predicted molar refractivity (Wildman–Crippen MR) is 79.5 cm³/mol. The second-order valence-corrected chi connectivity index (χ2v) is 5.13. The molecule has 0 aliphatic rings. The zero-order valence-corrected chi connectivity index (χ0v) is 12.9. The van der Waals surface area contributed by atoms with Gasteiger partial charge in [-0.1, -0.05) is 18.5 Å². The predicted octanol–water partition coefficient (Wildman–Crippen LogP) is 2.77. The second-order valence-electron chi connectivity index (χ2n) is 4.75. The zero-order chi connectivity index (χ0) is 14.7. The van der Waals surface area contributed by atoms with Gasteiger partial charge in [0.1, 0.15) is 11.5 Å². The molecular formula is C14H21ClN4O. The summed E-state index contributed by atoms with van der Waals surface area (Å²) in [6.07, 6.45) is 1.46. The summed E-state index contributed by atoms with van der Waals surface area (Å²) in [6.45, 7) is 6.79. The molecule has 5 nitrogen and oxygen atoms in total. The Balaban J connectivity index is 2.29. The number of hydrogen-bond acceptors (Lipinski definition) is 4. The van der Waals surface area contributed by atoms with Crippen molar-refractivity contribution in [3.8, 4) is 0 Å². The van der Waals surface area contributed by atoms with Gasteiger partial charge in [-0.05, 0) is 32.4 Å². The smallest absolute Gasteiger partial charge is 0.122 e. The summed E-state index contributed by atoms with van der Waals surface area (Å²) in [6, 6.07) is 3.74. The Labute approximate surface area is 124 Å². The van der Waals surface area contributed by atoms with Crippen LogP contribution in [-0.2, 0) is 19.4 Å². The summed E-state index contributed by atoms with van der Waals surface area (Å²) >= 11 is 6.42. The van der Waals surface area contributed by atoms with E-state index in [0.29, 0.717) is 6.42 Å². The minimum absolute atomic E-state index is 0.118. The van der Waals surface area contributed by atoms with E-state index in [1.54, 1.807) is 0 Å². The van der Waals surface area contributed by atoms with Gasteiger partial charge in [0, 0.05) is 13.0 Å². The van der Waals surface area contributed by atoms with Crippen LogP contribution >= 0.6 is 11.6 Å². The lowest BCUT2D eigenvalue weighted by Gasteiger charge is -2.14. The standard InChI is InChI=1S/C14H21ClN4O/c1-4-10-14(15)12(19(5-2)18-10)8-11(17-16)13-7-6-9(3)20-13/h6-7,11,17H,4-5,8,16H2,1-3H3. The number of nitrogens with one attached hydrogen (secondary N) is 1. The van der Waals surface area contributed by atoms with Gasteiger partial charge in [0.25, 0.3) is 0 Å². The molecule has 3 N–H and O–H groups in total. The van der Waals surface area contributed by atoms with Crippen molar-refractivity contribution in [1.29, 1.82) is 0 Å². The van der Waals surface area contributed by atoms with E-state index < -0.39 is 0 Å². The number of aryl methyl sites for hydroxylation is 3. The molecule has 1 atom stereocenters. The number of nitrogens with zero attached hydrogens (tertiary/aromatic N) is 2. The van der Waals surface area contributed by atoms with E-state index in [4.69, 9.17) is 21.9 Å². The van der Waals surface area contributed by atoms with Gasteiger partial charge < -0.3 is 4.42 Å². The van der Waals surface area contributed by atoms with Crippen LogP contribution in [0.2, 0.25) is 5.02 Å². The first-order chi connectivity index (χ1) is 9.60. The van der Waals surface area contributed by atoms with E-state index in [2.05, 4.69) is 10.5 Å². The largest absolute Gasteiger partial charge is 0.465 e. The Kier molecular flexibility index (Phi) is 4.86. The summed E-state index contributed by atoms with van der Waals surface area (Å²) < 4.78 is 7.57. The van der Waals surface area contributed by atoms with Crippen molar-refractivity contribution in [3.05, 3.63) is 40.1 Å². The highest BCUT2D eigenvalue weighted by atomic mass is 35.5. The molecule has 0 aliphatic carbocycles. The van der Waals surface area contributed by atoms with Gasteiger partial charge >= 0.3 is 0 Å². The average Bonchev–Trinajstić information content (AvgIpc) is 3.00. The summed E-state index contributed by atoms with van der Waals surface area (Å²) in [5.41, 5.74) is 4.71. The fourth-order valence-electron chi connectivity index (χ4n) is 2.29. The lowest BCUT2D eigenvalue weighted by Crippen LogP contribution is -2.30. The number of hydrogen-bond donors (Lipinski definition) is 2.